The Morgan fingerprint density at radius 1 is 0.183 bits per heavy atom. The first-order valence-corrected chi connectivity index (χ1v) is 46.5. The fourth-order valence-corrected chi connectivity index (χ4v) is 14.7. The first-order chi connectivity index (χ1) is 66.8. The van der Waals surface area contributed by atoms with Crippen LogP contribution in [0.2, 0.25) is 0 Å². The van der Waals surface area contributed by atoms with Crippen molar-refractivity contribution >= 4 is 0 Å². The number of aromatic nitrogens is 8. The van der Waals surface area contributed by atoms with Gasteiger partial charge in [0.1, 0.15) is 0 Å². The molecule has 0 N–H and O–H groups in total. The van der Waals surface area contributed by atoms with E-state index >= 15 is 0 Å². The van der Waals surface area contributed by atoms with Crippen molar-refractivity contribution in [3.63, 3.8) is 0 Å². The summed E-state index contributed by atoms with van der Waals surface area (Å²) >= 11 is 0. The molecule has 0 aliphatic heterocycles. The Hall–Kier alpha value is -13.6. The van der Waals surface area contributed by atoms with Gasteiger partial charge in [-0.15, -0.1) is 263 Å². The second-order valence-corrected chi connectivity index (χ2v) is 37.1. The molecule has 0 bridgehead atoms. The van der Waals surface area contributed by atoms with Crippen molar-refractivity contribution in [3.05, 3.63) is 532 Å². The largest absolute Gasteiger partial charge is 0.305 e. The number of aryl methyl sites for hydroxylation is 2. The Balaban J connectivity index is 0.000000183. The van der Waals surface area contributed by atoms with Crippen LogP contribution in [-0.4, -0.2) is 39.9 Å². The smallest absolute Gasteiger partial charge is 0.0190 e. The Kier molecular flexibility index (Phi) is 44.3. The predicted molar refractivity (Wildman–Crippen MR) is 574 cm³/mol. The molecule has 8 heterocycles. The second kappa shape index (κ2) is 56.2. The molecule has 0 amide bonds. The van der Waals surface area contributed by atoms with E-state index in [1.807, 2.05) is 263 Å². The summed E-state index contributed by atoms with van der Waals surface area (Å²) in [5.74, 6) is 0. The van der Waals surface area contributed by atoms with Gasteiger partial charge in [-0.2, -0.15) is 0 Å². The summed E-state index contributed by atoms with van der Waals surface area (Å²) < 4.78 is 0. The van der Waals surface area contributed by atoms with Crippen molar-refractivity contribution < 1.29 is 80.4 Å². The molecule has 0 spiro atoms. The zero-order chi connectivity index (χ0) is 97.0. The fourth-order valence-electron chi connectivity index (χ4n) is 14.7. The average Bonchev–Trinajstić information content (AvgIpc) is 0.805. The van der Waals surface area contributed by atoms with E-state index in [9.17, 15) is 0 Å². The maximum atomic E-state index is 4.48. The number of pyridine rings is 8. The van der Waals surface area contributed by atoms with Crippen molar-refractivity contribution in [2.45, 2.75) is 119 Å². The van der Waals surface area contributed by atoms with Crippen LogP contribution in [0.5, 0.6) is 0 Å². The van der Waals surface area contributed by atoms with Crippen LogP contribution >= 0.6 is 0 Å². The van der Waals surface area contributed by atoms with Gasteiger partial charge in [0.15, 0.2) is 0 Å². The van der Waals surface area contributed by atoms with Crippen molar-refractivity contribution in [2.24, 2.45) is 0 Å². The van der Waals surface area contributed by atoms with Crippen LogP contribution in [0.15, 0.2) is 450 Å². The molecule has 20 rings (SSSR count). The van der Waals surface area contributed by atoms with Gasteiger partial charge >= 0.3 is 0 Å². The maximum Gasteiger partial charge on any atom is 0.0190 e. The van der Waals surface area contributed by atoms with Crippen LogP contribution in [0.1, 0.15) is 116 Å². The van der Waals surface area contributed by atoms with E-state index in [1.165, 1.54) is 77.9 Å². The van der Waals surface area contributed by atoms with Gasteiger partial charge in [0.25, 0.3) is 0 Å². The fraction of sp³-hybridized carbons (Fsp3) is 0.138. The van der Waals surface area contributed by atoms with Crippen LogP contribution in [0.3, 0.4) is 0 Å². The maximum absolute atomic E-state index is 4.48. The minimum atomic E-state index is 0. The van der Waals surface area contributed by atoms with E-state index < -0.39 is 0 Å². The molecule has 0 atom stereocenters. The summed E-state index contributed by atoms with van der Waals surface area (Å²) in [6.45, 7) is 31.0. The molecule has 0 saturated carbocycles. The van der Waals surface area contributed by atoms with Gasteiger partial charge in [-0.3, -0.25) is 0 Å². The van der Waals surface area contributed by atoms with Gasteiger partial charge in [0.05, 0.1) is 0 Å². The van der Waals surface area contributed by atoms with E-state index in [-0.39, 0.29) is 102 Å². The molecule has 0 saturated heterocycles. The summed E-state index contributed by atoms with van der Waals surface area (Å²) in [5.41, 5.74) is 34.1. The third-order valence-electron chi connectivity index (χ3n) is 22.3. The third kappa shape index (κ3) is 34.4. The monoisotopic (exact) mass is 2560 g/mol. The minimum absolute atomic E-state index is 0. The average molecular weight is 2560 g/mol. The SMILES string of the molecule is CC(C)(C)c1cccc(-c2c[c-]c(-c3ccccn3)cc2)c1.CC(C)(C)c1ccccc1-c1c[c-]c(-c2ccccn2)cc1.Cc1ccc(-c2[c-]cc(-c3cccc(C(C)(C)C)c3)cc2)nc1.Cc1ccc(-c2[c-]cc(-c3ccccc3C(C)(C)C)cc2)nc1.[Ir].[Ir].[Ir].[Ir].[c-]1ccccc1-c1ccccn1.[c-]1ccccc1-c1ccccn1.[c-]1ccccc1-c1ccccn1.[c-]1ccccc1-c1ccccn1. The first kappa shape index (κ1) is 112. The van der Waals surface area contributed by atoms with Gasteiger partial charge in [-0.1, -0.05) is 322 Å². The van der Waals surface area contributed by atoms with E-state index in [2.05, 4.69) is 347 Å². The number of benzene rings is 12. The molecular formula is C130H116Ir4N8-8. The Bertz CT molecular complexity index is 6530. The number of hydrogen-bond acceptors (Lipinski definition) is 8. The van der Waals surface area contributed by atoms with Crippen molar-refractivity contribution in [3.8, 4) is 135 Å². The van der Waals surface area contributed by atoms with Crippen molar-refractivity contribution in [2.75, 3.05) is 0 Å². The first-order valence-electron chi connectivity index (χ1n) is 46.5. The minimum Gasteiger partial charge on any atom is -0.305 e. The summed E-state index contributed by atoms with van der Waals surface area (Å²) in [5, 5.41) is 0. The molecule has 0 aliphatic rings. The van der Waals surface area contributed by atoms with E-state index in [4.69, 9.17) is 0 Å². The standard InChI is InChI=1S/2C22H22N.2C21H20N.4C11H8N.4Ir/c1-16-8-13-21(23-15-16)18-11-9-17(10-12-18)19-6-5-7-20(14-19)22(2,3)4;1-16-9-14-21(23-15-16)18-12-10-17(11-13-18)19-7-5-6-8-20(19)22(2,3)4;1-21(2,3)19-8-6-7-18(15-19)16-10-12-17(13-11-16)20-9-4-5-14-22-20;1-21(2,3)19-9-5-4-8-18(19)16-11-13-17(14-12-16)20-10-6-7-15-22-20;4*1-2-6-10(7-3-1)11-8-4-5-9-12-11;;;;/h5-11,13-15H,1-4H3;5-12,14-15H,1-4H3;4-12,14-15H,1-3H3;4-13,15H,1-3H3;4*1-6,8-9H;;;;/q8*-1;;;;. The van der Waals surface area contributed by atoms with Gasteiger partial charge in [0.2, 0.25) is 0 Å². The Morgan fingerprint density at radius 3 is 0.634 bits per heavy atom. The summed E-state index contributed by atoms with van der Waals surface area (Å²) in [6, 6.07) is 161. The molecule has 8 nitrogen and oxygen atoms in total. The topological polar surface area (TPSA) is 103 Å². The van der Waals surface area contributed by atoms with Gasteiger partial charge in [-0.25, -0.2) is 0 Å². The molecule has 12 heteroatoms. The Labute approximate surface area is 897 Å². The van der Waals surface area contributed by atoms with Crippen molar-refractivity contribution in [1.29, 1.82) is 0 Å². The molecule has 142 heavy (non-hydrogen) atoms. The third-order valence-corrected chi connectivity index (χ3v) is 22.3. The van der Waals surface area contributed by atoms with E-state index in [0.717, 1.165) is 90.1 Å². The number of nitrogens with zero attached hydrogens (tertiary/aromatic N) is 8. The van der Waals surface area contributed by atoms with Crippen LogP contribution in [0, 0.1) is 62.4 Å². The number of rotatable bonds is 12. The van der Waals surface area contributed by atoms with E-state index in [0.29, 0.717) is 0 Å². The van der Waals surface area contributed by atoms with Gasteiger partial charge in [-0.05, 0) is 151 Å². The molecule has 720 valence electrons. The zero-order valence-electron chi connectivity index (χ0n) is 82.6. The van der Waals surface area contributed by atoms with Crippen LogP contribution in [-0.2, 0) is 102 Å². The zero-order valence-corrected chi connectivity index (χ0v) is 92.2. The van der Waals surface area contributed by atoms with Crippen LogP contribution in [0.4, 0.5) is 0 Å². The predicted octanol–water partition coefficient (Wildman–Crippen LogP) is 32.9. The van der Waals surface area contributed by atoms with Gasteiger partial charge < -0.3 is 39.9 Å². The van der Waals surface area contributed by atoms with E-state index in [1.54, 1.807) is 24.8 Å². The normalized spacial score (nSPS) is 10.5. The quantitative estimate of drug-likeness (QED) is 0.111. The summed E-state index contributed by atoms with van der Waals surface area (Å²) in [7, 11) is 0. The van der Waals surface area contributed by atoms with Crippen molar-refractivity contribution in [1.82, 2.24) is 39.9 Å². The summed E-state index contributed by atoms with van der Waals surface area (Å²) in [6.07, 6.45) is 14.6. The number of hydrogen-bond donors (Lipinski definition) is 0. The molecule has 0 fully saturated rings. The summed E-state index contributed by atoms with van der Waals surface area (Å²) in [4.78, 5) is 34.6. The van der Waals surface area contributed by atoms with Crippen LogP contribution in [0.25, 0.3) is 135 Å². The Morgan fingerprint density at radius 2 is 0.423 bits per heavy atom. The molecule has 12 aromatic carbocycles. The molecule has 0 unspecified atom stereocenters. The second-order valence-electron chi connectivity index (χ2n) is 37.1. The molecule has 8 aromatic heterocycles. The molecule has 4 radical (unpaired) electrons. The molecule has 0 aliphatic carbocycles. The molecule has 20 aromatic rings. The molecular weight excluding hydrogens is 2440 g/mol. The van der Waals surface area contributed by atoms with Gasteiger partial charge in [0, 0.05) is 130 Å². The van der Waals surface area contributed by atoms with Crippen LogP contribution < -0.4 is 0 Å².